The summed E-state index contributed by atoms with van der Waals surface area (Å²) in [4.78, 5) is 5.50. The highest BCUT2D eigenvalue weighted by molar-refractivity contribution is 6.14. The van der Waals surface area contributed by atoms with Gasteiger partial charge in [-0.2, -0.15) is 0 Å². The Hall–Kier alpha value is -9.45. The first-order valence-electron chi connectivity index (χ1n) is 27.3. The van der Waals surface area contributed by atoms with Crippen molar-refractivity contribution in [1.29, 1.82) is 0 Å². The van der Waals surface area contributed by atoms with Gasteiger partial charge in [-0.1, -0.05) is 164 Å². The van der Waals surface area contributed by atoms with Gasteiger partial charge in [0.25, 0.3) is 0 Å². The minimum Gasteiger partial charge on any atom is -0.309 e. The molecule has 0 radical (unpaired) electrons. The maximum atomic E-state index is 9.57. The van der Waals surface area contributed by atoms with Crippen molar-refractivity contribution < 1.29 is 11.0 Å². The van der Waals surface area contributed by atoms with Gasteiger partial charge in [-0.25, -0.2) is 4.98 Å². The van der Waals surface area contributed by atoms with E-state index in [0.29, 0.717) is 11.4 Å². The van der Waals surface area contributed by atoms with Crippen molar-refractivity contribution in [2.45, 2.75) is 0 Å². The third-order valence-corrected chi connectivity index (χ3v) is 14.0. The number of fused-ring (bicyclic) bond motifs is 12. The van der Waals surface area contributed by atoms with Crippen LogP contribution in [0.2, 0.25) is 0 Å². The average molecular weight is 900 g/mol. The molecule has 0 unspecified atom stereocenters. The van der Waals surface area contributed by atoms with Crippen LogP contribution in [0.4, 0.5) is 0 Å². The molecule has 0 aliphatic carbocycles. The maximum Gasteiger partial charge on any atom is 0.140 e. The van der Waals surface area contributed by atoms with Crippen LogP contribution in [0.15, 0.2) is 249 Å². The minimum absolute atomic E-state index is 0.0167. The van der Waals surface area contributed by atoms with E-state index in [-0.39, 0.29) is 27.6 Å². The van der Waals surface area contributed by atoms with Gasteiger partial charge in [-0.05, 0) is 102 Å². The second-order valence-electron chi connectivity index (χ2n) is 17.7. The van der Waals surface area contributed by atoms with Gasteiger partial charge in [0.05, 0.1) is 60.8 Å². The molecule has 0 saturated heterocycles. The van der Waals surface area contributed by atoms with E-state index in [9.17, 15) is 5.48 Å². The lowest BCUT2D eigenvalue weighted by Gasteiger charge is -2.21. The molecule has 5 aromatic heterocycles. The first-order chi connectivity index (χ1) is 38.1. The molecule has 5 heteroatoms. The molecule has 0 amide bonds. The summed E-state index contributed by atoms with van der Waals surface area (Å²) < 4.78 is 81.7. The van der Waals surface area contributed by atoms with Crippen molar-refractivity contribution in [2.75, 3.05) is 0 Å². The molecular weight excluding hydrogens is 851 g/mol. The normalized spacial score (nSPS) is 13.6. The molecule has 15 aromatic rings. The molecule has 0 atom stereocenters. The van der Waals surface area contributed by atoms with E-state index in [1.165, 1.54) is 4.57 Å². The van der Waals surface area contributed by atoms with Gasteiger partial charge >= 0.3 is 0 Å². The van der Waals surface area contributed by atoms with Crippen LogP contribution in [0.1, 0.15) is 11.0 Å². The molecule has 0 fully saturated rings. The largest absolute Gasteiger partial charge is 0.309 e. The molecule has 0 spiro atoms. The van der Waals surface area contributed by atoms with Crippen LogP contribution in [-0.4, -0.2) is 23.3 Å². The van der Waals surface area contributed by atoms with Gasteiger partial charge in [0.2, 0.25) is 0 Å². The molecular formula is C65H41N5. The van der Waals surface area contributed by atoms with Crippen molar-refractivity contribution in [3.05, 3.63) is 249 Å². The standard InChI is InChI=1S/C65H41N5/c1-2-19-44(20-3-1)67-54-29-11-10-27-52(54)53-39-42(37-38-61(53)67)45-28-18-36-62(68-55-30-12-4-21-46(55)47-22-5-13-31-56(47)68)65(45)43-40-63(69-57-32-14-6-23-48(57)49-24-7-15-33-58(49)69)66-64(41-43)70-59-34-16-8-25-50(59)51-26-9-17-35-60(51)70/h1-41H/i6D,7D,14D,15D,23D,24D,32D,33D. The Morgan fingerprint density at radius 3 is 1.30 bits per heavy atom. The Labute approximate surface area is 413 Å². The lowest BCUT2D eigenvalue weighted by atomic mass is 9.92. The van der Waals surface area contributed by atoms with Crippen molar-refractivity contribution in [3.63, 3.8) is 0 Å². The first-order valence-corrected chi connectivity index (χ1v) is 23.3. The highest BCUT2D eigenvalue weighted by atomic mass is 15.1. The zero-order valence-corrected chi connectivity index (χ0v) is 37.3. The second kappa shape index (κ2) is 15.0. The topological polar surface area (TPSA) is 32.6 Å². The van der Waals surface area contributed by atoms with Gasteiger partial charge in [0.15, 0.2) is 0 Å². The Morgan fingerprint density at radius 1 is 0.300 bits per heavy atom. The molecule has 5 nitrogen and oxygen atoms in total. The molecule has 0 bridgehead atoms. The zero-order valence-electron chi connectivity index (χ0n) is 45.3. The highest BCUT2D eigenvalue weighted by Crippen LogP contribution is 2.45. The number of nitrogens with zero attached hydrogens (tertiary/aromatic N) is 5. The number of hydrogen-bond acceptors (Lipinski definition) is 1. The summed E-state index contributed by atoms with van der Waals surface area (Å²) in [6, 6.07) is 65.1. The number of aromatic nitrogens is 5. The van der Waals surface area contributed by atoms with Crippen LogP contribution >= 0.6 is 0 Å². The summed E-state index contributed by atoms with van der Waals surface area (Å²) in [6.45, 7) is 0. The number of hydrogen-bond donors (Lipinski definition) is 0. The molecule has 0 aliphatic heterocycles. The molecule has 0 N–H and O–H groups in total. The van der Waals surface area contributed by atoms with Crippen LogP contribution in [0.5, 0.6) is 0 Å². The Balaban J connectivity index is 1.13. The molecule has 326 valence electrons. The third kappa shape index (κ3) is 5.57. The van der Waals surface area contributed by atoms with Crippen molar-refractivity contribution in [2.24, 2.45) is 0 Å². The fraction of sp³-hybridized carbons (Fsp3) is 0. The predicted molar refractivity (Wildman–Crippen MR) is 292 cm³/mol. The van der Waals surface area contributed by atoms with E-state index >= 15 is 0 Å². The molecule has 0 saturated carbocycles. The van der Waals surface area contributed by atoms with Gasteiger partial charge in [0, 0.05) is 54.3 Å². The number of pyridine rings is 1. The fourth-order valence-electron chi connectivity index (χ4n) is 11.1. The summed E-state index contributed by atoms with van der Waals surface area (Å²) >= 11 is 0. The van der Waals surface area contributed by atoms with E-state index in [4.69, 9.17) is 10.5 Å². The van der Waals surface area contributed by atoms with Gasteiger partial charge in [0.1, 0.15) is 11.6 Å². The monoisotopic (exact) mass is 899 g/mol. The van der Waals surface area contributed by atoms with Gasteiger partial charge in [-0.3, -0.25) is 9.13 Å². The highest BCUT2D eigenvalue weighted by Gasteiger charge is 2.24. The average Bonchev–Trinajstić information content (AvgIpc) is 4.38. The van der Waals surface area contributed by atoms with Crippen LogP contribution in [0.3, 0.4) is 0 Å². The second-order valence-corrected chi connectivity index (χ2v) is 17.7. The predicted octanol–water partition coefficient (Wildman–Crippen LogP) is 16.8. The first kappa shape index (κ1) is 31.5. The molecule has 0 aliphatic rings. The third-order valence-electron chi connectivity index (χ3n) is 14.0. The van der Waals surface area contributed by atoms with Crippen molar-refractivity contribution in [1.82, 2.24) is 23.3 Å². The molecule has 10 aromatic carbocycles. The maximum absolute atomic E-state index is 9.57. The van der Waals surface area contributed by atoms with Crippen molar-refractivity contribution in [3.8, 4) is 45.3 Å². The van der Waals surface area contributed by atoms with Gasteiger partial charge < -0.3 is 9.13 Å². The zero-order chi connectivity index (χ0) is 52.8. The van der Waals surface area contributed by atoms with Crippen LogP contribution in [0, 0.1) is 0 Å². The van der Waals surface area contributed by atoms with E-state index in [1.54, 1.807) is 0 Å². The Morgan fingerprint density at radius 2 is 0.743 bits per heavy atom. The lowest BCUT2D eigenvalue weighted by Crippen LogP contribution is -2.06. The number of para-hydroxylation sites is 8. The Kier molecular flexibility index (Phi) is 6.76. The molecule has 5 heterocycles. The number of benzene rings is 10. The van der Waals surface area contributed by atoms with E-state index < -0.39 is 48.3 Å². The quantitative estimate of drug-likeness (QED) is 0.164. The van der Waals surface area contributed by atoms with E-state index in [1.807, 2.05) is 36.4 Å². The van der Waals surface area contributed by atoms with Gasteiger partial charge in [-0.15, -0.1) is 0 Å². The van der Waals surface area contributed by atoms with Crippen molar-refractivity contribution >= 4 is 87.2 Å². The molecule has 15 rings (SSSR count). The van der Waals surface area contributed by atoms with E-state index in [2.05, 4.69) is 177 Å². The smallest absolute Gasteiger partial charge is 0.140 e. The van der Waals surface area contributed by atoms with E-state index in [0.717, 1.165) is 93.5 Å². The molecule has 70 heavy (non-hydrogen) atoms. The fourth-order valence-corrected chi connectivity index (χ4v) is 11.1. The summed E-state index contributed by atoms with van der Waals surface area (Å²) in [5, 5.41) is 6.26. The SMILES string of the molecule is [2H]c1c([2H])c([2H])c2c(c1[2H])c1c([2H])c([2H])c([2H])c([2H])c1n2-c1cc(-c2c(-c3ccc4c(c3)c3ccccc3n4-c3ccccc3)cccc2-n2c3ccccc3c3ccccc32)cc(-n2c3ccccc3c3ccccc32)n1. The Bertz CT molecular complexity index is 4900. The summed E-state index contributed by atoms with van der Waals surface area (Å²) in [5.74, 6) is 0.657. The summed E-state index contributed by atoms with van der Waals surface area (Å²) in [6.07, 6.45) is 0. The summed E-state index contributed by atoms with van der Waals surface area (Å²) in [7, 11) is 0. The van der Waals surface area contributed by atoms with Crippen LogP contribution < -0.4 is 0 Å². The minimum atomic E-state index is -0.514. The number of rotatable bonds is 6. The summed E-state index contributed by atoms with van der Waals surface area (Å²) in [5.41, 5.74) is 11.1. The lowest BCUT2D eigenvalue weighted by molar-refractivity contribution is 1.01. The van der Waals surface area contributed by atoms with Crippen LogP contribution in [-0.2, 0) is 0 Å². The van der Waals surface area contributed by atoms with Crippen LogP contribution in [0.25, 0.3) is 132 Å².